The van der Waals surface area contributed by atoms with Gasteiger partial charge in [-0.2, -0.15) is 10.2 Å². The van der Waals surface area contributed by atoms with E-state index in [0.29, 0.717) is 5.82 Å². The summed E-state index contributed by atoms with van der Waals surface area (Å²) in [6.45, 7) is 1.87. The molecule has 0 spiro atoms. The number of carbonyl (C=O) groups is 1. The van der Waals surface area contributed by atoms with Crippen LogP contribution in [-0.4, -0.2) is 26.3 Å². The lowest BCUT2D eigenvalue weighted by Gasteiger charge is -2.01. The van der Waals surface area contributed by atoms with Gasteiger partial charge in [0.1, 0.15) is 5.82 Å². The van der Waals surface area contributed by atoms with Crippen molar-refractivity contribution >= 4 is 11.7 Å². The van der Waals surface area contributed by atoms with Crippen molar-refractivity contribution in [3.63, 3.8) is 0 Å². The SMILES string of the molecule is Cc1cn[nH]c1NC(=O)Cc1ccn[nH]1. The van der Waals surface area contributed by atoms with E-state index in [4.69, 9.17) is 0 Å². The lowest BCUT2D eigenvalue weighted by Crippen LogP contribution is -2.15. The van der Waals surface area contributed by atoms with Crippen LogP contribution >= 0.6 is 0 Å². The molecule has 0 aromatic carbocycles. The number of hydrogen-bond acceptors (Lipinski definition) is 3. The third kappa shape index (κ3) is 2.22. The largest absolute Gasteiger partial charge is 0.311 e. The van der Waals surface area contributed by atoms with Gasteiger partial charge < -0.3 is 5.32 Å². The maximum Gasteiger partial charge on any atom is 0.231 e. The predicted molar refractivity (Wildman–Crippen MR) is 54.2 cm³/mol. The van der Waals surface area contributed by atoms with Crippen molar-refractivity contribution in [2.24, 2.45) is 0 Å². The van der Waals surface area contributed by atoms with Crippen LogP contribution in [0.2, 0.25) is 0 Å². The zero-order chi connectivity index (χ0) is 10.7. The van der Waals surface area contributed by atoms with E-state index in [0.717, 1.165) is 11.3 Å². The number of aryl methyl sites for hydroxylation is 1. The van der Waals surface area contributed by atoms with Gasteiger partial charge in [-0.25, -0.2) is 0 Å². The first-order chi connectivity index (χ1) is 7.25. The van der Waals surface area contributed by atoms with Crippen molar-refractivity contribution in [2.75, 3.05) is 5.32 Å². The maximum absolute atomic E-state index is 11.5. The van der Waals surface area contributed by atoms with E-state index in [1.165, 1.54) is 0 Å². The quantitative estimate of drug-likeness (QED) is 0.686. The third-order valence-electron chi connectivity index (χ3n) is 2.00. The molecule has 78 valence electrons. The standard InChI is InChI=1S/C9H11N5O/c1-6-5-11-14-9(6)12-8(15)4-7-2-3-10-13-7/h2-3,5H,4H2,1H3,(H,10,13)(H2,11,12,14,15). The summed E-state index contributed by atoms with van der Waals surface area (Å²) in [6.07, 6.45) is 3.55. The Kier molecular flexibility index (Phi) is 2.49. The van der Waals surface area contributed by atoms with Crippen LogP contribution in [-0.2, 0) is 11.2 Å². The highest BCUT2D eigenvalue weighted by Crippen LogP contribution is 2.08. The number of amides is 1. The zero-order valence-corrected chi connectivity index (χ0v) is 8.24. The summed E-state index contributed by atoms with van der Waals surface area (Å²) in [5.74, 6) is 0.533. The van der Waals surface area contributed by atoms with Gasteiger partial charge in [0.15, 0.2) is 0 Å². The molecule has 6 nitrogen and oxygen atoms in total. The molecule has 2 aromatic heterocycles. The number of carbonyl (C=O) groups excluding carboxylic acids is 1. The Morgan fingerprint density at radius 2 is 2.33 bits per heavy atom. The molecule has 3 N–H and O–H groups in total. The number of aromatic amines is 2. The van der Waals surface area contributed by atoms with Gasteiger partial charge in [0.2, 0.25) is 5.91 Å². The summed E-state index contributed by atoms with van der Waals surface area (Å²) in [7, 11) is 0. The summed E-state index contributed by atoms with van der Waals surface area (Å²) in [4.78, 5) is 11.5. The van der Waals surface area contributed by atoms with Crippen molar-refractivity contribution in [1.82, 2.24) is 20.4 Å². The summed E-state index contributed by atoms with van der Waals surface area (Å²) in [6, 6.07) is 1.76. The van der Waals surface area contributed by atoms with Crippen molar-refractivity contribution in [1.29, 1.82) is 0 Å². The molecule has 15 heavy (non-hydrogen) atoms. The maximum atomic E-state index is 11.5. The number of anilines is 1. The molecule has 0 aliphatic carbocycles. The van der Waals surface area contributed by atoms with Crippen LogP contribution in [0, 0.1) is 6.92 Å². The minimum absolute atomic E-state index is 0.105. The normalized spacial score (nSPS) is 10.2. The number of rotatable bonds is 3. The highest BCUT2D eigenvalue weighted by atomic mass is 16.1. The number of H-pyrrole nitrogens is 2. The first-order valence-corrected chi connectivity index (χ1v) is 4.54. The fourth-order valence-corrected chi connectivity index (χ4v) is 1.21. The van der Waals surface area contributed by atoms with Gasteiger partial charge in [-0.05, 0) is 13.0 Å². The average molecular weight is 205 g/mol. The fourth-order valence-electron chi connectivity index (χ4n) is 1.21. The van der Waals surface area contributed by atoms with Crippen LogP contribution in [0.5, 0.6) is 0 Å². The minimum Gasteiger partial charge on any atom is -0.311 e. The van der Waals surface area contributed by atoms with Crippen LogP contribution < -0.4 is 5.32 Å². The van der Waals surface area contributed by atoms with E-state index in [-0.39, 0.29) is 12.3 Å². The van der Waals surface area contributed by atoms with E-state index in [2.05, 4.69) is 25.7 Å². The second-order valence-electron chi connectivity index (χ2n) is 3.23. The van der Waals surface area contributed by atoms with Crippen molar-refractivity contribution in [3.8, 4) is 0 Å². The Labute approximate surface area is 86.1 Å². The second-order valence-corrected chi connectivity index (χ2v) is 3.23. The molecular formula is C9H11N5O. The Bertz CT molecular complexity index is 445. The van der Waals surface area contributed by atoms with Gasteiger partial charge in [0.25, 0.3) is 0 Å². The van der Waals surface area contributed by atoms with Crippen LogP contribution in [0.4, 0.5) is 5.82 Å². The van der Waals surface area contributed by atoms with Crippen LogP contribution in [0.25, 0.3) is 0 Å². The molecule has 2 heterocycles. The molecular weight excluding hydrogens is 194 g/mol. The van der Waals surface area contributed by atoms with Crippen molar-refractivity contribution in [2.45, 2.75) is 13.3 Å². The Balaban J connectivity index is 1.96. The Morgan fingerprint density at radius 1 is 1.47 bits per heavy atom. The highest BCUT2D eigenvalue weighted by Gasteiger charge is 2.07. The third-order valence-corrected chi connectivity index (χ3v) is 2.00. The molecule has 0 aliphatic heterocycles. The lowest BCUT2D eigenvalue weighted by molar-refractivity contribution is -0.115. The van der Waals surface area contributed by atoms with Crippen molar-refractivity contribution in [3.05, 3.63) is 29.7 Å². The lowest BCUT2D eigenvalue weighted by atomic mass is 10.3. The summed E-state index contributed by atoms with van der Waals surface area (Å²) in [5, 5.41) is 15.7. The first-order valence-electron chi connectivity index (χ1n) is 4.54. The van der Waals surface area contributed by atoms with E-state index in [1.807, 2.05) is 6.92 Å². The van der Waals surface area contributed by atoms with E-state index < -0.39 is 0 Å². The van der Waals surface area contributed by atoms with Crippen LogP contribution in [0.3, 0.4) is 0 Å². The molecule has 0 atom stereocenters. The number of nitrogens with one attached hydrogen (secondary N) is 3. The van der Waals surface area contributed by atoms with E-state index in [1.54, 1.807) is 18.5 Å². The highest BCUT2D eigenvalue weighted by molar-refractivity contribution is 5.91. The molecule has 2 aromatic rings. The molecule has 0 fully saturated rings. The number of nitrogens with zero attached hydrogens (tertiary/aromatic N) is 2. The van der Waals surface area contributed by atoms with Crippen LogP contribution in [0.15, 0.2) is 18.5 Å². The zero-order valence-electron chi connectivity index (χ0n) is 8.24. The number of hydrogen-bond donors (Lipinski definition) is 3. The van der Waals surface area contributed by atoms with E-state index in [9.17, 15) is 4.79 Å². The van der Waals surface area contributed by atoms with Gasteiger partial charge in [-0.1, -0.05) is 0 Å². The van der Waals surface area contributed by atoms with Gasteiger partial charge >= 0.3 is 0 Å². The molecule has 0 radical (unpaired) electrons. The summed E-state index contributed by atoms with van der Waals surface area (Å²) < 4.78 is 0. The van der Waals surface area contributed by atoms with Gasteiger partial charge in [-0.15, -0.1) is 0 Å². The molecule has 1 amide bonds. The molecule has 0 saturated heterocycles. The second kappa shape index (κ2) is 3.95. The topological polar surface area (TPSA) is 86.5 Å². The molecule has 6 heteroatoms. The molecule has 0 bridgehead atoms. The smallest absolute Gasteiger partial charge is 0.231 e. The predicted octanol–water partition coefficient (Wildman–Crippen LogP) is 0.622. The number of aromatic nitrogens is 4. The van der Waals surface area contributed by atoms with E-state index >= 15 is 0 Å². The summed E-state index contributed by atoms with van der Waals surface area (Å²) in [5.41, 5.74) is 1.69. The van der Waals surface area contributed by atoms with Crippen molar-refractivity contribution < 1.29 is 4.79 Å². The van der Waals surface area contributed by atoms with Gasteiger partial charge in [-0.3, -0.25) is 15.0 Å². The molecule has 0 aliphatic rings. The fraction of sp³-hybridized carbons (Fsp3) is 0.222. The van der Waals surface area contributed by atoms with Gasteiger partial charge in [0.05, 0.1) is 12.6 Å². The monoisotopic (exact) mass is 205 g/mol. The Hall–Kier alpha value is -2.11. The summed E-state index contributed by atoms with van der Waals surface area (Å²) >= 11 is 0. The van der Waals surface area contributed by atoms with Crippen LogP contribution in [0.1, 0.15) is 11.3 Å². The minimum atomic E-state index is -0.105. The average Bonchev–Trinajstić information content (AvgIpc) is 2.79. The first kappa shape index (κ1) is 9.45. The Morgan fingerprint density at radius 3 is 2.93 bits per heavy atom. The van der Waals surface area contributed by atoms with Gasteiger partial charge in [0, 0.05) is 17.5 Å². The molecule has 2 rings (SSSR count). The molecule has 0 saturated carbocycles. The molecule has 0 unspecified atom stereocenters.